The Morgan fingerprint density at radius 1 is 1.67 bits per heavy atom. The molecule has 4 atom stereocenters. The standard InChI is InChI=1S/C9H15NO2/c1-5(11)9-8-3-7(8)4-10(9)6(2)12/h5,7-9,11H,3-4H2,1-2H3/t5?,7-,8-,9-/m1/s1. The zero-order valence-electron chi connectivity index (χ0n) is 7.53. The van der Waals surface area contributed by atoms with E-state index in [1.807, 2.05) is 4.90 Å². The van der Waals surface area contributed by atoms with Gasteiger partial charge in [0.1, 0.15) is 0 Å². The Kier molecular flexibility index (Phi) is 1.65. The van der Waals surface area contributed by atoms with Gasteiger partial charge in [0.15, 0.2) is 0 Å². The van der Waals surface area contributed by atoms with E-state index in [4.69, 9.17) is 0 Å². The van der Waals surface area contributed by atoms with Crippen LogP contribution in [0, 0.1) is 11.8 Å². The molecule has 0 aromatic heterocycles. The van der Waals surface area contributed by atoms with Gasteiger partial charge in [-0.25, -0.2) is 0 Å². The molecule has 3 nitrogen and oxygen atoms in total. The van der Waals surface area contributed by atoms with Crippen LogP contribution in [0.25, 0.3) is 0 Å². The third-order valence-corrected chi connectivity index (χ3v) is 3.11. The van der Waals surface area contributed by atoms with Gasteiger partial charge in [-0.1, -0.05) is 0 Å². The van der Waals surface area contributed by atoms with Crippen molar-refractivity contribution in [2.75, 3.05) is 6.54 Å². The molecule has 0 spiro atoms. The second kappa shape index (κ2) is 2.46. The van der Waals surface area contributed by atoms with E-state index in [9.17, 15) is 9.90 Å². The number of hydrogen-bond donors (Lipinski definition) is 1. The number of amides is 1. The van der Waals surface area contributed by atoms with Crippen LogP contribution in [0.2, 0.25) is 0 Å². The maximum absolute atomic E-state index is 11.1. The highest BCUT2D eigenvalue weighted by molar-refractivity contribution is 5.74. The molecule has 68 valence electrons. The van der Waals surface area contributed by atoms with Crippen LogP contribution >= 0.6 is 0 Å². The molecular formula is C9H15NO2. The van der Waals surface area contributed by atoms with Crippen molar-refractivity contribution in [3.05, 3.63) is 0 Å². The Labute approximate surface area is 72.4 Å². The van der Waals surface area contributed by atoms with Gasteiger partial charge in [-0.05, 0) is 25.2 Å². The Hall–Kier alpha value is -0.570. The molecule has 0 radical (unpaired) electrons. The molecule has 2 aliphatic rings. The van der Waals surface area contributed by atoms with Crippen LogP contribution in [-0.2, 0) is 4.79 Å². The third-order valence-electron chi connectivity index (χ3n) is 3.11. The molecule has 1 N–H and O–H groups in total. The van der Waals surface area contributed by atoms with Crippen LogP contribution < -0.4 is 0 Å². The number of piperidine rings is 1. The lowest BCUT2D eigenvalue weighted by Crippen LogP contribution is -2.43. The molecule has 1 saturated carbocycles. The molecule has 1 heterocycles. The normalized spacial score (nSPS) is 40.9. The number of aliphatic hydroxyl groups excluding tert-OH is 1. The zero-order valence-corrected chi connectivity index (χ0v) is 7.53. The minimum absolute atomic E-state index is 0.104. The van der Waals surface area contributed by atoms with Gasteiger partial charge in [-0.3, -0.25) is 4.79 Å². The summed E-state index contributed by atoms with van der Waals surface area (Å²) in [6.07, 6.45) is 0.839. The highest BCUT2D eigenvalue weighted by atomic mass is 16.3. The van der Waals surface area contributed by atoms with Crippen molar-refractivity contribution in [1.29, 1.82) is 0 Å². The van der Waals surface area contributed by atoms with Gasteiger partial charge in [-0.2, -0.15) is 0 Å². The lowest BCUT2D eigenvalue weighted by atomic mass is 10.1. The van der Waals surface area contributed by atoms with E-state index in [1.165, 1.54) is 6.42 Å². The molecule has 1 aliphatic heterocycles. The number of aliphatic hydroxyl groups is 1. The monoisotopic (exact) mass is 169 g/mol. The molecule has 2 fully saturated rings. The van der Waals surface area contributed by atoms with E-state index in [1.54, 1.807) is 13.8 Å². The van der Waals surface area contributed by atoms with Gasteiger partial charge in [0.25, 0.3) is 0 Å². The molecule has 1 saturated heterocycles. The van der Waals surface area contributed by atoms with Crippen molar-refractivity contribution in [1.82, 2.24) is 4.90 Å². The van der Waals surface area contributed by atoms with Gasteiger partial charge in [0, 0.05) is 13.5 Å². The van der Waals surface area contributed by atoms with Crippen molar-refractivity contribution in [3.63, 3.8) is 0 Å². The Bertz CT molecular complexity index is 215. The van der Waals surface area contributed by atoms with Crippen LogP contribution in [-0.4, -0.2) is 34.6 Å². The molecule has 1 amide bonds. The van der Waals surface area contributed by atoms with Gasteiger partial charge in [0.05, 0.1) is 12.1 Å². The van der Waals surface area contributed by atoms with Gasteiger partial charge < -0.3 is 10.0 Å². The summed E-state index contributed by atoms with van der Waals surface area (Å²) in [6, 6.07) is 0.104. The number of hydrogen-bond acceptors (Lipinski definition) is 2. The maximum Gasteiger partial charge on any atom is 0.219 e. The minimum Gasteiger partial charge on any atom is -0.391 e. The van der Waals surface area contributed by atoms with Crippen LogP contribution in [0.1, 0.15) is 20.3 Å². The van der Waals surface area contributed by atoms with E-state index in [2.05, 4.69) is 0 Å². The highest BCUT2D eigenvalue weighted by Crippen LogP contribution is 2.50. The van der Waals surface area contributed by atoms with Crippen LogP contribution in [0.5, 0.6) is 0 Å². The van der Waals surface area contributed by atoms with Crippen molar-refractivity contribution in [2.45, 2.75) is 32.4 Å². The summed E-state index contributed by atoms with van der Waals surface area (Å²) in [7, 11) is 0. The molecule has 0 aromatic rings. The van der Waals surface area contributed by atoms with Crippen molar-refractivity contribution in [3.8, 4) is 0 Å². The number of carbonyl (C=O) groups excluding carboxylic acids is 1. The average Bonchev–Trinajstić information content (AvgIpc) is 2.60. The van der Waals surface area contributed by atoms with Gasteiger partial charge in [0.2, 0.25) is 5.91 Å². The fraction of sp³-hybridized carbons (Fsp3) is 0.889. The zero-order chi connectivity index (χ0) is 8.88. The summed E-state index contributed by atoms with van der Waals surface area (Å²) in [5.41, 5.74) is 0. The average molecular weight is 169 g/mol. The summed E-state index contributed by atoms with van der Waals surface area (Å²) < 4.78 is 0. The maximum atomic E-state index is 11.1. The van der Waals surface area contributed by atoms with Gasteiger partial charge >= 0.3 is 0 Å². The van der Waals surface area contributed by atoms with Gasteiger partial charge in [-0.15, -0.1) is 0 Å². The summed E-state index contributed by atoms with van der Waals surface area (Å²) in [5, 5.41) is 9.47. The van der Waals surface area contributed by atoms with E-state index in [-0.39, 0.29) is 18.1 Å². The quantitative estimate of drug-likeness (QED) is 0.610. The predicted octanol–water partition coefficient (Wildman–Crippen LogP) is 0.234. The van der Waals surface area contributed by atoms with Crippen molar-refractivity contribution < 1.29 is 9.90 Å². The second-order valence-electron chi connectivity index (χ2n) is 4.06. The number of rotatable bonds is 1. The third kappa shape index (κ3) is 1.04. The Morgan fingerprint density at radius 3 is 2.75 bits per heavy atom. The molecule has 1 unspecified atom stereocenters. The topological polar surface area (TPSA) is 40.5 Å². The van der Waals surface area contributed by atoms with Crippen molar-refractivity contribution >= 4 is 5.91 Å². The summed E-state index contributed by atoms with van der Waals surface area (Å²) in [5.74, 6) is 1.38. The van der Waals surface area contributed by atoms with E-state index in [0.29, 0.717) is 11.8 Å². The van der Waals surface area contributed by atoms with E-state index < -0.39 is 0 Å². The smallest absolute Gasteiger partial charge is 0.219 e. The molecule has 0 aromatic carbocycles. The lowest BCUT2D eigenvalue weighted by molar-refractivity contribution is -0.132. The van der Waals surface area contributed by atoms with Crippen LogP contribution in [0.4, 0.5) is 0 Å². The second-order valence-corrected chi connectivity index (χ2v) is 4.06. The molecular weight excluding hydrogens is 154 g/mol. The van der Waals surface area contributed by atoms with Crippen LogP contribution in [0.3, 0.4) is 0 Å². The number of nitrogens with zero attached hydrogens (tertiary/aromatic N) is 1. The fourth-order valence-corrected chi connectivity index (χ4v) is 2.46. The first kappa shape index (κ1) is 8.05. The first-order valence-corrected chi connectivity index (χ1v) is 4.56. The molecule has 1 aliphatic carbocycles. The minimum atomic E-state index is -0.369. The lowest BCUT2D eigenvalue weighted by Gasteiger charge is -2.28. The number of likely N-dealkylation sites (tertiary alicyclic amines) is 1. The first-order valence-electron chi connectivity index (χ1n) is 4.56. The van der Waals surface area contributed by atoms with E-state index in [0.717, 1.165) is 6.54 Å². The molecule has 2 rings (SSSR count). The SMILES string of the molecule is CC(=O)N1C[C@H]2C[C@H]2[C@H]1C(C)O. The largest absolute Gasteiger partial charge is 0.391 e. The Balaban J connectivity index is 2.11. The summed E-state index contributed by atoms with van der Waals surface area (Å²) in [4.78, 5) is 13.0. The first-order chi connectivity index (χ1) is 5.61. The summed E-state index contributed by atoms with van der Waals surface area (Å²) >= 11 is 0. The molecule has 0 bridgehead atoms. The van der Waals surface area contributed by atoms with Crippen LogP contribution in [0.15, 0.2) is 0 Å². The predicted molar refractivity (Wildman–Crippen MR) is 44.5 cm³/mol. The van der Waals surface area contributed by atoms with E-state index >= 15 is 0 Å². The Morgan fingerprint density at radius 2 is 2.33 bits per heavy atom. The van der Waals surface area contributed by atoms with Crippen molar-refractivity contribution in [2.24, 2.45) is 11.8 Å². The highest BCUT2D eigenvalue weighted by Gasteiger charge is 2.54. The molecule has 12 heavy (non-hydrogen) atoms. The molecule has 3 heteroatoms. The summed E-state index contributed by atoms with van der Waals surface area (Å²) in [6.45, 7) is 4.23. The number of carbonyl (C=O) groups is 1. The number of fused-ring (bicyclic) bond motifs is 1. The fourth-order valence-electron chi connectivity index (χ4n) is 2.46.